The summed E-state index contributed by atoms with van der Waals surface area (Å²) in [6.45, 7) is 6.73. The van der Waals surface area contributed by atoms with Gasteiger partial charge in [-0.1, -0.05) is 17.7 Å². The predicted octanol–water partition coefficient (Wildman–Crippen LogP) is 1.51. The van der Waals surface area contributed by atoms with Crippen LogP contribution in [0.4, 0.5) is 0 Å². The van der Waals surface area contributed by atoms with Gasteiger partial charge in [-0.25, -0.2) is 0 Å². The van der Waals surface area contributed by atoms with Gasteiger partial charge in [-0.15, -0.1) is 6.58 Å². The van der Waals surface area contributed by atoms with E-state index in [1.807, 2.05) is 0 Å². The number of hydrogen-bond acceptors (Lipinski definition) is 2. The second-order valence-electron chi connectivity index (χ2n) is 4.88. The van der Waals surface area contributed by atoms with E-state index in [1.54, 1.807) is 6.08 Å². The third-order valence-corrected chi connectivity index (χ3v) is 4.25. The van der Waals surface area contributed by atoms with E-state index in [4.69, 9.17) is 4.74 Å². The molecule has 1 N–H and O–H groups in total. The van der Waals surface area contributed by atoms with E-state index in [9.17, 15) is 5.11 Å². The van der Waals surface area contributed by atoms with Crippen molar-refractivity contribution in [2.24, 2.45) is 17.8 Å². The SMILES string of the molecule is C=C[C@]1(O)[C@@H]2C=C(C)[C@H]3[C@H](CO[C@H]31)C2. The molecule has 0 aromatic carbocycles. The normalized spacial score (nSPS) is 54.6. The summed E-state index contributed by atoms with van der Waals surface area (Å²) in [6.07, 6.45) is 4.92. The van der Waals surface area contributed by atoms with Crippen LogP contribution < -0.4 is 0 Å². The topological polar surface area (TPSA) is 29.5 Å². The molecule has 1 saturated carbocycles. The molecule has 4 bridgehead atoms. The Kier molecular flexibility index (Phi) is 1.55. The van der Waals surface area contributed by atoms with Gasteiger partial charge in [0.25, 0.3) is 0 Å². The minimum atomic E-state index is -0.808. The van der Waals surface area contributed by atoms with Gasteiger partial charge in [-0.3, -0.25) is 0 Å². The zero-order chi connectivity index (χ0) is 9.92. The van der Waals surface area contributed by atoms with Crippen LogP contribution in [0.15, 0.2) is 24.3 Å². The van der Waals surface area contributed by atoms with Gasteiger partial charge in [0, 0.05) is 11.8 Å². The first-order valence-corrected chi connectivity index (χ1v) is 5.32. The van der Waals surface area contributed by atoms with Crippen molar-refractivity contribution in [1.82, 2.24) is 0 Å². The van der Waals surface area contributed by atoms with Crippen LogP contribution in [0.25, 0.3) is 0 Å². The zero-order valence-corrected chi connectivity index (χ0v) is 8.44. The molecule has 76 valence electrons. The maximum Gasteiger partial charge on any atom is 0.115 e. The molecule has 0 spiro atoms. The Morgan fingerprint density at radius 3 is 3.21 bits per heavy atom. The average molecular weight is 192 g/mol. The van der Waals surface area contributed by atoms with E-state index < -0.39 is 5.60 Å². The van der Waals surface area contributed by atoms with E-state index >= 15 is 0 Å². The molecule has 2 fully saturated rings. The molecule has 1 aliphatic heterocycles. The van der Waals surface area contributed by atoms with E-state index in [0.717, 1.165) is 13.0 Å². The lowest BCUT2D eigenvalue weighted by atomic mass is 9.59. The molecule has 4 rings (SSSR count). The molecule has 14 heavy (non-hydrogen) atoms. The molecule has 1 heterocycles. The molecule has 0 aromatic rings. The number of rotatable bonds is 1. The van der Waals surface area contributed by atoms with Crippen molar-refractivity contribution in [3.8, 4) is 0 Å². The third-order valence-electron chi connectivity index (χ3n) is 4.25. The summed E-state index contributed by atoms with van der Waals surface area (Å²) < 4.78 is 5.73. The quantitative estimate of drug-likeness (QED) is 0.638. The van der Waals surface area contributed by atoms with Gasteiger partial charge in [0.2, 0.25) is 0 Å². The molecule has 0 radical (unpaired) electrons. The lowest BCUT2D eigenvalue weighted by molar-refractivity contribution is -0.101. The smallest absolute Gasteiger partial charge is 0.115 e. The number of ether oxygens (including phenoxy) is 1. The zero-order valence-electron chi connectivity index (χ0n) is 8.44. The predicted molar refractivity (Wildman–Crippen MR) is 53.7 cm³/mol. The Morgan fingerprint density at radius 2 is 2.50 bits per heavy atom. The summed E-state index contributed by atoms with van der Waals surface area (Å²) in [6, 6.07) is 0. The highest BCUT2D eigenvalue weighted by molar-refractivity contribution is 5.31. The molecule has 2 nitrogen and oxygen atoms in total. The fraction of sp³-hybridized carbons (Fsp3) is 0.667. The summed E-state index contributed by atoms with van der Waals surface area (Å²) >= 11 is 0. The van der Waals surface area contributed by atoms with E-state index in [1.165, 1.54) is 5.57 Å². The molecular weight excluding hydrogens is 176 g/mol. The van der Waals surface area contributed by atoms with Crippen molar-refractivity contribution in [3.63, 3.8) is 0 Å². The number of hydrogen-bond donors (Lipinski definition) is 1. The lowest BCUT2D eigenvalue weighted by Gasteiger charge is -2.49. The van der Waals surface area contributed by atoms with Crippen molar-refractivity contribution >= 4 is 0 Å². The molecule has 3 aliphatic carbocycles. The lowest BCUT2D eigenvalue weighted by Crippen LogP contribution is -2.56. The minimum Gasteiger partial charge on any atom is -0.382 e. The Morgan fingerprint density at radius 1 is 1.71 bits per heavy atom. The molecule has 0 unspecified atom stereocenters. The highest BCUT2D eigenvalue weighted by atomic mass is 16.5. The Labute approximate surface area is 84.3 Å². The maximum atomic E-state index is 10.5. The highest BCUT2D eigenvalue weighted by Gasteiger charge is 2.59. The second-order valence-corrected chi connectivity index (χ2v) is 4.88. The monoisotopic (exact) mass is 192 g/mol. The van der Waals surface area contributed by atoms with Gasteiger partial charge in [0.05, 0.1) is 12.7 Å². The molecule has 4 aliphatic rings. The van der Waals surface area contributed by atoms with Gasteiger partial charge >= 0.3 is 0 Å². The van der Waals surface area contributed by atoms with Crippen LogP contribution in [0.1, 0.15) is 13.3 Å². The number of aliphatic hydroxyl groups is 1. The summed E-state index contributed by atoms with van der Waals surface area (Å²) in [5, 5.41) is 10.5. The van der Waals surface area contributed by atoms with Crippen LogP contribution in [-0.4, -0.2) is 23.4 Å². The van der Waals surface area contributed by atoms with Crippen molar-refractivity contribution < 1.29 is 9.84 Å². The molecule has 0 aromatic heterocycles. The molecule has 2 heteroatoms. The summed E-state index contributed by atoms with van der Waals surface area (Å²) in [5.41, 5.74) is 0.595. The summed E-state index contributed by atoms with van der Waals surface area (Å²) in [5.74, 6) is 1.29. The molecular formula is C12H16O2. The first-order valence-electron chi connectivity index (χ1n) is 5.32. The standard InChI is InChI=1S/C12H16O2/c1-3-12(13)9-4-7(2)10-8(5-9)6-14-11(10)12/h3-4,8-11,13H,1,5-6H2,2H3/t8-,9+,10-,11+,12-/m0/s1. The largest absolute Gasteiger partial charge is 0.382 e. The van der Waals surface area contributed by atoms with Gasteiger partial charge in [0.1, 0.15) is 5.60 Å². The third kappa shape index (κ3) is 0.794. The van der Waals surface area contributed by atoms with Crippen molar-refractivity contribution in [2.75, 3.05) is 6.61 Å². The fourth-order valence-electron chi connectivity index (χ4n) is 3.55. The fourth-order valence-corrected chi connectivity index (χ4v) is 3.55. The van der Waals surface area contributed by atoms with Crippen LogP contribution in [-0.2, 0) is 4.74 Å². The van der Waals surface area contributed by atoms with Crippen LogP contribution in [0.2, 0.25) is 0 Å². The molecule has 1 saturated heterocycles. The van der Waals surface area contributed by atoms with Gasteiger partial charge in [-0.05, 0) is 19.3 Å². The van der Waals surface area contributed by atoms with Crippen LogP contribution >= 0.6 is 0 Å². The molecule has 5 atom stereocenters. The van der Waals surface area contributed by atoms with Gasteiger partial charge in [0.15, 0.2) is 0 Å². The Hall–Kier alpha value is -0.600. The van der Waals surface area contributed by atoms with Crippen LogP contribution in [0.5, 0.6) is 0 Å². The van der Waals surface area contributed by atoms with Crippen LogP contribution in [0.3, 0.4) is 0 Å². The summed E-state index contributed by atoms with van der Waals surface area (Å²) in [4.78, 5) is 0. The molecule has 0 amide bonds. The highest BCUT2D eigenvalue weighted by Crippen LogP contribution is 2.54. The maximum absolute atomic E-state index is 10.5. The average Bonchev–Trinajstić information content (AvgIpc) is 2.56. The van der Waals surface area contributed by atoms with E-state index in [-0.39, 0.29) is 12.0 Å². The first kappa shape index (κ1) is 8.69. The van der Waals surface area contributed by atoms with Crippen molar-refractivity contribution in [1.29, 1.82) is 0 Å². The van der Waals surface area contributed by atoms with Crippen molar-refractivity contribution in [2.45, 2.75) is 25.0 Å². The Balaban J connectivity index is 2.13. The van der Waals surface area contributed by atoms with E-state index in [2.05, 4.69) is 19.6 Å². The van der Waals surface area contributed by atoms with Crippen LogP contribution in [0, 0.1) is 17.8 Å². The Bertz CT molecular complexity index is 320. The minimum absolute atomic E-state index is 0.0336. The second kappa shape index (κ2) is 2.50. The first-order chi connectivity index (χ1) is 6.66. The van der Waals surface area contributed by atoms with Gasteiger partial charge in [-0.2, -0.15) is 0 Å². The van der Waals surface area contributed by atoms with Gasteiger partial charge < -0.3 is 9.84 Å². The van der Waals surface area contributed by atoms with Crippen molar-refractivity contribution in [3.05, 3.63) is 24.3 Å². The summed E-state index contributed by atoms with van der Waals surface area (Å²) in [7, 11) is 0. The van der Waals surface area contributed by atoms with E-state index in [0.29, 0.717) is 11.8 Å².